The summed E-state index contributed by atoms with van der Waals surface area (Å²) in [6, 6.07) is 10.4. The van der Waals surface area contributed by atoms with Gasteiger partial charge in [0.15, 0.2) is 0 Å². The molecule has 0 spiro atoms. The second kappa shape index (κ2) is 7.01. The quantitative estimate of drug-likeness (QED) is 0.421. The molecule has 1 amide bonds. The molecule has 1 aromatic rings. The Kier molecular flexibility index (Phi) is 5.48. The van der Waals surface area contributed by atoms with Crippen LogP contribution in [0.2, 0.25) is 0 Å². The zero-order valence-electron chi connectivity index (χ0n) is 8.98. The number of nitrogens with one attached hydrogen (secondary N) is 1. The van der Waals surface area contributed by atoms with E-state index in [1.807, 2.05) is 18.2 Å². The van der Waals surface area contributed by atoms with E-state index in [0.717, 1.165) is 12.8 Å². The van der Waals surface area contributed by atoms with Gasteiger partial charge in [0, 0.05) is 0 Å². The van der Waals surface area contributed by atoms with Crippen LogP contribution in [0.4, 0.5) is 0 Å². The molecule has 1 atom stereocenters. The van der Waals surface area contributed by atoms with Crippen LogP contribution in [0.25, 0.3) is 0 Å². The summed E-state index contributed by atoms with van der Waals surface area (Å²) in [5.41, 5.74) is 3.53. The van der Waals surface area contributed by atoms with E-state index < -0.39 is 0 Å². The van der Waals surface area contributed by atoms with Crippen LogP contribution >= 0.6 is 0 Å². The maximum Gasteiger partial charge on any atom is 0.230 e. The Morgan fingerprint density at radius 3 is 2.80 bits per heavy atom. The Morgan fingerprint density at radius 2 is 2.13 bits per heavy atom. The van der Waals surface area contributed by atoms with E-state index in [-0.39, 0.29) is 0 Å². The molecule has 0 bridgehead atoms. The lowest BCUT2D eigenvalue weighted by Crippen LogP contribution is -2.14. The van der Waals surface area contributed by atoms with Crippen molar-refractivity contribution in [3.63, 3.8) is 0 Å². The number of hydroxylamine groups is 1. The summed E-state index contributed by atoms with van der Waals surface area (Å²) in [7, 11) is 0. The fraction of sp³-hybridized carbons (Fsp3) is 0.417. The molecule has 0 fully saturated rings. The van der Waals surface area contributed by atoms with Gasteiger partial charge in [0.25, 0.3) is 0 Å². The van der Waals surface area contributed by atoms with Crippen molar-refractivity contribution in [2.45, 2.75) is 19.8 Å². The Morgan fingerprint density at radius 1 is 1.40 bits per heavy atom. The van der Waals surface area contributed by atoms with Crippen molar-refractivity contribution >= 4 is 6.41 Å². The Balaban J connectivity index is 2.18. The first-order chi connectivity index (χ1) is 7.33. The number of benzene rings is 1. The number of hydrogen-bond donors (Lipinski definition) is 1. The highest BCUT2D eigenvalue weighted by atomic mass is 16.6. The zero-order valence-corrected chi connectivity index (χ0v) is 8.98. The molecule has 0 saturated heterocycles. The second-order valence-electron chi connectivity index (χ2n) is 3.67. The van der Waals surface area contributed by atoms with Crippen molar-refractivity contribution in [3.8, 4) is 0 Å². The van der Waals surface area contributed by atoms with Gasteiger partial charge in [-0.05, 0) is 24.3 Å². The molecule has 0 heterocycles. The highest BCUT2D eigenvalue weighted by Gasteiger charge is 2.03. The van der Waals surface area contributed by atoms with Crippen LogP contribution in [0, 0.1) is 5.92 Å². The smallest absolute Gasteiger partial charge is 0.230 e. The average Bonchev–Trinajstić information content (AvgIpc) is 2.26. The van der Waals surface area contributed by atoms with Crippen molar-refractivity contribution in [1.29, 1.82) is 0 Å². The van der Waals surface area contributed by atoms with Crippen molar-refractivity contribution < 1.29 is 9.63 Å². The molecule has 0 aliphatic carbocycles. The number of hydrogen-bond acceptors (Lipinski definition) is 2. The molecule has 0 radical (unpaired) electrons. The lowest BCUT2D eigenvalue weighted by atomic mass is 9.99. The zero-order chi connectivity index (χ0) is 10.9. The van der Waals surface area contributed by atoms with Crippen LogP contribution in [0.1, 0.15) is 18.9 Å². The van der Waals surface area contributed by atoms with Gasteiger partial charge in [-0.25, -0.2) is 5.48 Å². The summed E-state index contributed by atoms with van der Waals surface area (Å²) in [5, 5.41) is 0. The van der Waals surface area contributed by atoms with Gasteiger partial charge < -0.3 is 0 Å². The predicted octanol–water partition coefficient (Wildman–Crippen LogP) is 1.93. The first-order valence-electron chi connectivity index (χ1n) is 5.18. The van der Waals surface area contributed by atoms with Crippen LogP contribution in [0.5, 0.6) is 0 Å². The molecule has 1 aromatic carbocycles. The van der Waals surface area contributed by atoms with E-state index in [1.54, 1.807) is 0 Å². The number of carbonyl (C=O) groups excluding carboxylic acids is 1. The average molecular weight is 207 g/mol. The van der Waals surface area contributed by atoms with E-state index >= 15 is 0 Å². The van der Waals surface area contributed by atoms with E-state index in [4.69, 9.17) is 4.84 Å². The minimum Gasteiger partial charge on any atom is -0.277 e. The molecule has 3 nitrogen and oxygen atoms in total. The summed E-state index contributed by atoms with van der Waals surface area (Å²) in [4.78, 5) is 14.8. The van der Waals surface area contributed by atoms with E-state index in [9.17, 15) is 4.79 Å². The van der Waals surface area contributed by atoms with Gasteiger partial charge in [0.05, 0.1) is 6.61 Å². The van der Waals surface area contributed by atoms with Gasteiger partial charge in [-0.3, -0.25) is 9.63 Å². The van der Waals surface area contributed by atoms with E-state index in [2.05, 4.69) is 24.5 Å². The minimum absolute atomic E-state index is 0.544. The molecule has 82 valence electrons. The largest absolute Gasteiger partial charge is 0.277 e. The van der Waals surface area contributed by atoms with Crippen molar-refractivity contribution in [2.75, 3.05) is 6.61 Å². The van der Waals surface area contributed by atoms with Gasteiger partial charge in [0.1, 0.15) is 0 Å². The molecular formula is C12H17NO2. The van der Waals surface area contributed by atoms with Crippen molar-refractivity contribution in [3.05, 3.63) is 35.9 Å². The van der Waals surface area contributed by atoms with Crippen LogP contribution in [-0.4, -0.2) is 13.0 Å². The number of rotatable bonds is 7. The standard InChI is InChI=1S/C12H17NO2/c1-11(7-8-15-13-10-14)9-12-5-3-2-4-6-12/h2-6,10-11H,7-9H2,1H3,(H,13,14). The third-order valence-corrected chi connectivity index (χ3v) is 2.27. The summed E-state index contributed by atoms with van der Waals surface area (Å²) in [6.07, 6.45) is 2.53. The molecule has 0 aliphatic heterocycles. The fourth-order valence-corrected chi connectivity index (χ4v) is 1.47. The number of carbonyl (C=O) groups is 1. The summed E-state index contributed by atoms with van der Waals surface area (Å²) in [6.45, 7) is 2.74. The first-order valence-corrected chi connectivity index (χ1v) is 5.18. The molecule has 1 N–H and O–H groups in total. The lowest BCUT2D eigenvalue weighted by Gasteiger charge is -2.10. The van der Waals surface area contributed by atoms with E-state index in [1.165, 1.54) is 5.56 Å². The van der Waals surface area contributed by atoms with Gasteiger partial charge >= 0.3 is 0 Å². The Bertz CT molecular complexity index is 274. The first kappa shape index (κ1) is 11.7. The molecule has 0 saturated carbocycles. The maximum atomic E-state index is 9.90. The Labute approximate surface area is 90.4 Å². The van der Waals surface area contributed by atoms with Crippen LogP contribution in [0.15, 0.2) is 30.3 Å². The van der Waals surface area contributed by atoms with Crippen molar-refractivity contribution in [1.82, 2.24) is 5.48 Å². The third kappa shape index (κ3) is 5.18. The molecule has 1 rings (SSSR count). The molecule has 1 unspecified atom stereocenters. The van der Waals surface area contributed by atoms with Crippen molar-refractivity contribution in [2.24, 2.45) is 5.92 Å². The molecule has 3 heteroatoms. The lowest BCUT2D eigenvalue weighted by molar-refractivity contribution is -0.120. The molecular weight excluding hydrogens is 190 g/mol. The van der Waals surface area contributed by atoms with Gasteiger partial charge in [0.2, 0.25) is 6.41 Å². The molecule has 0 aliphatic rings. The highest BCUT2D eigenvalue weighted by molar-refractivity contribution is 5.43. The number of amides is 1. The van der Waals surface area contributed by atoms with Crippen LogP contribution in [0.3, 0.4) is 0 Å². The van der Waals surface area contributed by atoms with Crippen LogP contribution < -0.4 is 5.48 Å². The normalized spacial score (nSPS) is 12.1. The monoisotopic (exact) mass is 207 g/mol. The maximum absolute atomic E-state index is 9.90. The highest BCUT2D eigenvalue weighted by Crippen LogP contribution is 2.11. The van der Waals surface area contributed by atoms with Crippen LogP contribution in [-0.2, 0) is 16.1 Å². The van der Waals surface area contributed by atoms with E-state index in [0.29, 0.717) is 18.9 Å². The van der Waals surface area contributed by atoms with Gasteiger partial charge in [-0.1, -0.05) is 37.3 Å². The summed E-state index contributed by atoms with van der Waals surface area (Å²) >= 11 is 0. The topological polar surface area (TPSA) is 38.3 Å². The SMILES string of the molecule is CC(CCONC=O)Cc1ccccc1. The molecule has 0 aromatic heterocycles. The summed E-state index contributed by atoms with van der Waals surface area (Å²) < 4.78 is 0. The third-order valence-electron chi connectivity index (χ3n) is 2.27. The predicted molar refractivity (Wildman–Crippen MR) is 59.1 cm³/mol. The summed E-state index contributed by atoms with van der Waals surface area (Å²) in [5.74, 6) is 0.556. The van der Waals surface area contributed by atoms with Gasteiger partial charge in [-0.15, -0.1) is 0 Å². The molecule has 15 heavy (non-hydrogen) atoms. The Hall–Kier alpha value is -1.35. The minimum atomic E-state index is 0.544. The fourth-order valence-electron chi connectivity index (χ4n) is 1.47. The van der Waals surface area contributed by atoms with Gasteiger partial charge in [-0.2, -0.15) is 0 Å². The second-order valence-corrected chi connectivity index (χ2v) is 3.67.